The van der Waals surface area contributed by atoms with Crippen LogP contribution >= 0.6 is 34.8 Å². The number of halogens is 3. The van der Waals surface area contributed by atoms with Gasteiger partial charge in [0.25, 0.3) is 5.91 Å². The summed E-state index contributed by atoms with van der Waals surface area (Å²) in [7, 11) is 1.68. The number of carbonyl (C=O) groups is 1. The van der Waals surface area contributed by atoms with Crippen LogP contribution in [0, 0.1) is 0 Å². The van der Waals surface area contributed by atoms with Gasteiger partial charge in [0.1, 0.15) is 0 Å². The zero-order chi connectivity index (χ0) is 15.6. The molecule has 0 aromatic heterocycles. The third-order valence-corrected chi connectivity index (χ3v) is 3.68. The maximum absolute atomic E-state index is 12.4. The fourth-order valence-electron chi connectivity index (χ4n) is 1.96. The third kappa shape index (κ3) is 4.03. The first-order chi connectivity index (χ1) is 9.86. The summed E-state index contributed by atoms with van der Waals surface area (Å²) in [5.74, 6) is -0.219. The van der Waals surface area contributed by atoms with Crippen molar-refractivity contribution in [2.45, 2.75) is 6.54 Å². The van der Waals surface area contributed by atoms with Gasteiger partial charge in [0.2, 0.25) is 0 Å². The Morgan fingerprint density at radius 2 is 1.71 bits per heavy atom. The second kappa shape index (κ2) is 6.56. The summed E-state index contributed by atoms with van der Waals surface area (Å²) in [6, 6.07) is 9.98. The lowest BCUT2D eigenvalue weighted by Crippen LogP contribution is -2.26. The number of amides is 1. The number of anilines is 1. The van der Waals surface area contributed by atoms with Gasteiger partial charge in [0, 0.05) is 29.3 Å². The second-order valence-electron chi connectivity index (χ2n) is 4.68. The van der Waals surface area contributed by atoms with Crippen molar-refractivity contribution in [1.82, 2.24) is 4.90 Å². The minimum Gasteiger partial charge on any atom is -0.399 e. The van der Waals surface area contributed by atoms with Crippen molar-refractivity contribution >= 4 is 46.4 Å². The first kappa shape index (κ1) is 16.0. The van der Waals surface area contributed by atoms with Crippen LogP contribution in [0.2, 0.25) is 15.1 Å². The number of rotatable bonds is 3. The minimum atomic E-state index is -0.219. The molecule has 0 saturated carbocycles. The molecule has 0 aliphatic carbocycles. The molecule has 0 aliphatic rings. The van der Waals surface area contributed by atoms with Crippen LogP contribution in [0.4, 0.5) is 5.69 Å². The summed E-state index contributed by atoms with van der Waals surface area (Å²) in [5.41, 5.74) is 7.39. The van der Waals surface area contributed by atoms with E-state index in [2.05, 4.69) is 0 Å². The minimum absolute atomic E-state index is 0.219. The lowest BCUT2D eigenvalue weighted by atomic mass is 10.1. The van der Waals surface area contributed by atoms with E-state index in [0.29, 0.717) is 32.9 Å². The zero-order valence-corrected chi connectivity index (χ0v) is 13.5. The van der Waals surface area contributed by atoms with Gasteiger partial charge in [0.15, 0.2) is 0 Å². The van der Waals surface area contributed by atoms with E-state index in [-0.39, 0.29) is 5.91 Å². The number of nitrogen functional groups attached to an aromatic ring is 1. The Balaban J connectivity index is 2.21. The van der Waals surface area contributed by atoms with Crippen LogP contribution in [-0.4, -0.2) is 17.9 Å². The number of carbonyl (C=O) groups excluding carboxylic acids is 1. The molecule has 0 fully saturated rings. The van der Waals surface area contributed by atoms with Gasteiger partial charge in [-0.25, -0.2) is 0 Å². The molecule has 0 unspecified atom stereocenters. The SMILES string of the molecule is CN(Cc1cc(Cl)cc(Cl)c1)C(=O)c1cc(N)ccc1Cl. The van der Waals surface area contributed by atoms with Gasteiger partial charge < -0.3 is 10.6 Å². The molecule has 0 aliphatic heterocycles. The molecule has 1 amide bonds. The van der Waals surface area contributed by atoms with E-state index in [1.807, 2.05) is 0 Å². The molecular weight excluding hydrogens is 331 g/mol. The fraction of sp³-hybridized carbons (Fsp3) is 0.133. The van der Waals surface area contributed by atoms with Gasteiger partial charge in [-0.15, -0.1) is 0 Å². The van der Waals surface area contributed by atoms with E-state index < -0.39 is 0 Å². The van der Waals surface area contributed by atoms with Crippen LogP contribution in [0.15, 0.2) is 36.4 Å². The number of nitrogens with zero attached hydrogens (tertiary/aromatic N) is 1. The standard InChI is InChI=1S/C15H13Cl3N2O/c1-20(8-9-4-10(16)6-11(17)5-9)15(21)13-7-12(19)2-3-14(13)18/h2-7H,8,19H2,1H3. The monoisotopic (exact) mass is 342 g/mol. The summed E-state index contributed by atoms with van der Waals surface area (Å²) in [6.45, 7) is 0.365. The van der Waals surface area contributed by atoms with Crippen molar-refractivity contribution in [3.05, 3.63) is 62.6 Å². The highest BCUT2D eigenvalue weighted by Crippen LogP contribution is 2.23. The molecule has 3 nitrogen and oxygen atoms in total. The number of hydrogen-bond donors (Lipinski definition) is 1. The normalized spacial score (nSPS) is 10.5. The van der Waals surface area contributed by atoms with Crippen molar-refractivity contribution in [3.63, 3.8) is 0 Å². The van der Waals surface area contributed by atoms with Gasteiger partial charge in [-0.1, -0.05) is 34.8 Å². The highest BCUT2D eigenvalue weighted by Gasteiger charge is 2.16. The molecule has 0 radical (unpaired) electrons. The average molecular weight is 344 g/mol. The van der Waals surface area contributed by atoms with Gasteiger partial charge in [-0.05, 0) is 42.0 Å². The molecule has 2 aromatic carbocycles. The van der Waals surface area contributed by atoms with E-state index in [4.69, 9.17) is 40.5 Å². The Morgan fingerprint density at radius 1 is 1.10 bits per heavy atom. The Kier molecular flexibility index (Phi) is 4.99. The molecule has 110 valence electrons. The molecule has 2 N–H and O–H groups in total. The maximum atomic E-state index is 12.4. The molecule has 21 heavy (non-hydrogen) atoms. The highest BCUT2D eigenvalue weighted by molar-refractivity contribution is 6.35. The molecule has 2 rings (SSSR count). The molecule has 0 heterocycles. The van der Waals surface area contributed by atoms with Gasteiger partial charge in [-0.3, -0.25) is 4.79 Å². The van der Waals surface area contributed by atoms with Crippen LogP contribution in [0.5, 0.6) is 0 Å². The second-order valence-corrected chi connectivity index (χ2v) is 5.96. The highest BCUT2D eigenvalue weighted by atomic mass is 35.5. The lowest BCUT2D eigenvalue weighted by molar-refractivity contribution is 0.0785. The average Bonchev–Trinajstić information content (AvgIpc) is 2.39. The molecule has 2 aromatic rings. The van der Waals surface area contributed by atoms with E-state index in [0.717, 1.165) is 5.56 Å². The van der Waals surface area contributed by atoms with Crippen LogP contribution in [0.3, 0.4) is 0 Å². The third-order valence-electron chi connectivity index (χ3n) is 2.91. The quantitative estimate of drug-likeness (QED) is 0.834. The van der Waals surface area contributed by atoms with E-state index in [9.17, 15) is 4.79 Å². The predicted octanol–water partition coefficient (Wildman–Crippen LogP) is 4.50. The van der Waals surface area contributed by atoms with E-state index in [1.165, 1.54) is 4.90 Å². The summed E-state index contributed by atoms with van der Waals surface area (Å²) in [5, 5.41) is 1.42. The summed E-state index contributed by atoms with van der Waals surface area (Å²) >= 11 is 17.9. The molecule has 0 atom stereocenters. The summed E-state index contributed by atoms with van der Waals surface area (Å²) in [6.07, 6.45) is 0. The van der Waals surface area contributed by atoms with Crippen molar-refractivity contribution in [2.75, 3.05) is 12.8 Å². The first-order valence-corrected chi connectivity index (χ1v) is 7.25. The van der Waals surface area contributed by atoms with Crippen LogP contribution in [0.25, 0.3) is 0 Å². The number of benzene rings is 2. The smallest absolute Gasteiger partial charge is 0.255 e. The topological polar surface area (TPSA) is 46.3 Å². The largest absolute Gasteiger partial charge is 0.399 e. The fourth-order valence-corrected chi connectivity index (χ4v) is 2.73. The lowest BCUT2D eigenvalue weighted by Gasteiger charge is -2.18. The van der Waals surface area contributed by atoms with Crippen LogP contribution in [0.1, 0.15) is 15.9 Å². The van der Waals surface area contributed by atoms with Crippen LogP contribution < -0.4 is 5.73 Å². The summed E-state index contributed by atoms with van der Waals surface area (Å²) in [4.78, 5) is 13.9. The van der Waals surface area contributed by atoms with Crippen molar-refractivity contribution < 1.29 is 4.79 Å². The first-order valence-electron chi connectivity index (χ1n) is 6.12. The van der Waals surface area contributed by atoms with E-state index >= 15 is 0 Å². The Morgan fingerprint density at radius 3 is 2.33 bits per heavy atom. The van der Waals surface area contributed by atoms with Gasteiger partial charge in [0.05, 0.1) is 10.6 Å². The molecule has 0 spiro atoms. The zero-order valence-electron chi connectivity index (χ0n) is 11.2. The molecule has 6 heteroatoms. The number of nitrogens with two attached hydrogens (primary N) is 1. The molecule has 0 bridgehead atoms. The Hall–Kier alpha value is -1.42. The predicted molar refractivity (Wildman–Crippen MR) is 88.1 cm³/mol. The van der Waals surface area contributed by atoms with Gasteiger partial charge in [-0.2, -0.15) is 0 Å². The van der Waals surface area contributed by atoms with Gasteiger partial charge >= 0.3 is 0 Å². The van der Waals surface area contributed by atoms with E-state index in [1.54, 1.807) is 43.4 Å². The van der Waals surface area contributed by atoms with Crippen LogP contribution in [-0.2, 0) is 6.54 Å². The maximum Gasteiger partial charge on any atom is 0.255 e. The summed E-state index contributed by atoms with van der Waals surface area (Å²) < 4.78 is 0. The molecular formula is C15H13Cl3N2O. The Labute approximate surface area is 138 Å². The molecule has 0 saturated heterocycles. The van der Waals surface area contributed by atoms with Crippen molar-refractivity contribution in [3.8, 4) is 0 Å². The Bertz CT molecular complexity index is 668. The van der Waals surface area contributed by atoms with Crippen molar-refractivity contribution in [2.24, 2.45) is 0 Å². The number of hydrogen-bond acceptors (Lipinski definition) is 2. The van der Waals surface area contributed by atoms with Crippen molar-refractivity contribution in [1.29, 1.82) is 0 Å².